The molecule has 0 N–H and O–H groups in total. The van der Waals surface area contributed by atoms with E-state index in [4.69, 9.17) is 9.47 Å². The van der Waals surface area contributed by atoms with Crippen molar-refractivity contribution >= 4 is 28.9 Å². The second-order valence-electron chi connectivity index (χ2n) is 7.88. The molecule has 0 aliphatic rings. The molecule has 0 saturated heterocycles. The minimum atomic E-state index is -1.24. The third kappa shape index (κ3) is 5.52. The molecule has 0 fully saturated rings. The lowest BCUT2D eigenvalue weighted by Crippen LogP contribution is -2.14. The molecule has 4 rings (SSSR count). The Morgan fingerprint density at radius 2 is 0.850 bits per heavy atom. The molecule has 0 radical (unpaired) electrons. The summed E-state index contributed by atoms with van der Waals surface area (Å²) in [6.07, 6.45) is -1.24. The van der Waals surface area contributed by atoms with Crippen LogP contribution in [0.3, 0.4) is 0 Å². The Bertz CT molecular complexity index is 1580. The van der Waals surface area contributed by atoms with Gasteiger partial charge in [0.05, 0.1) is 19.7 Å². The highest BCUT2D eigenvalue weighted by molar-refractivity contribution is 5.81. The number of carbonyl (C=O) groups excluding carboxylic acids is 1. The molecule has 0 aromatic heterocycles. The van der Waals surface area contributed by atoms with Gasteiger partial charge in [0.15, 0.2) is 0 Å². The van der Waals surface area contributed by atoms with E-state index in [9.17, 15) is 45.3 Å². The van der Waals surface area contributed by atoms with Crippen LogP contribution in [0.2, 0.25) is 0 Å². The standard InChI is InChI=1S/C25H14N4O11/c30-25(39-23-7-3-1-5-17(23)15-9-11-19(26(31)32)21(13-15)28(35)36)40-24-8-4-2-6-18(24)16-10-12-20(27(33)34)22(14-16)29(37)38/h1-14H. The molecule has 0 saturated carbocycles. The van der Waals surface area contributed by atoms with E-state index >= 15 is 0 Å². The normalized spacial score (nSPS) is 10.4. The summed E-state index contributed by atoms with van der Waals surface area (Å²) in [5, 5.41) is 45.0. The number of ether oxygens (including phenoxy) is 2. The van der Waals surface area contributed by atoms with Crippen molar-refractivity contribution < 1.29 is 34.0 Å². The fourth-order valence-corrected chi connectivity index (χ4v) is 3.77. The number of carbonyl (C=O) groups is 1. The maximum absolute atomic E-state index is 12.7. The Morgan fingerprint density at radius 1 is 0.500 bits per heavy atom. The zero-order chi connectivity index (χ0) is 29.0. The highest BCUT2D eigenvalue weighted by atomic mass is 16.7. The number of benzene rings is 4. The first-order chi connectivity index (χ1) is 19.1. The van der Waals surface area contributed by atoms with Gasteiger partial charge in [0.2, 0.25) is 0 Å². The van der Waals surface area contributed by atoms with E-state index in [1.165, 1.54) is 48.5 Å². The molecule has 200 valence electrons. The van der Waals surface area contributed by atoms with Crippen molar-refractivity contribution in [3.8, 4) is 33.8 Å². The second kappa shape index (κ2) is 11.0. The van der Waals surface area contributed by atoms with Gasteiger partial charge in [-0.05, 0) is 35.4 Å². The highest BCUT2D eigenvalue weighted by Gasteiger charge is 2.27. The van der Waals surface area contributed by atoms with E-state index < -0.39 is 48.6 Å². The lowest BCUT2D eigenvalue weighted by atomic mass is 10.0. The summed E-state index contributed by atoms with van der Waals surface area (Å²) in [5.41, 5.74) is -2.26. The van der Waals surface area contributed by atoms with Crippen LogP contribution in [0.4, 0.5) is 27.5 Å². The van der Waals surface area contributed by atoms with Crippen molar-refractivity contribution in [2.75, 3.05) is 0 Å². The highest BCUT2D eigenvalue weighted by Crippen LogP contribution is 2.38. The second-order valence-corrected chi connectivity index (χ2v) is 7.88. The van der Waals surface area contributed by atoms with E-state index in [2.05, 4.69) is 0 Å². The van der Waals surface area contributed by atoms with Gasteiger partial charge in [0.25, 0.3) is 0 Å². The molecular weight excluding hydrogens is 532 g/mol. The van der Waals surface area contributed by atoms with Crippen molar-refractivity contribution in [1.29, 1.82) is 0 Å². The van der Waals surface area contributed by atoms with E-state index in [1.807, 2.05) is 0 Å². The number of hydrogen-bond donors (Lipinski definition) is 0. The quantitative estimate of drug-likeness (QED) is 0.105. The SMILES string of the molecule is O=C(Oc1ccccc1-c1ccc([N+](=O)[O-])c([N+](=O)[O-])c1)Oc1ccccc1-c1ccc([N+](=O)[O-])c([N+](=O)[O-])c1. The first kappa shape index (κ1) is 26.8. The predicted molar refractivity (Wildman–Crippen MR) is 137 cm³/mol. The van der Waals surface area contributed by atoms with Crippen molar-refractivity contribution in [2.24, 2.45) is 0 Å². The molecule has 40 heavy (non-hydrogen) atoms. The zero-order valence-electron chi connectivity index (χ0n) is 19.9. The number of hydrogen-bond acceptors (Lipinski definition) is 11. The molecule has 4 aromatic rings. The summed E-state index contributed by atoms with van der Waals surface area (Å²) in [4.78, 5) is 54.2. The fraction of sp³-hybridized carbons (Fsp3) is 0. The Balaban J connectivity index is 1.64. The van der Waals surface area contributed by atoms with Gasteiger partial charge in [-0.15, -0.1) is 0 Å². The van der Waals surface area contributed by atoms with Crippen molar-refractivity contribution in [1.82, 2.24) is 0 Å². The fourth-order valence-electron chi connectivity index (χ4n) is 3.77. The molecule has 0 bridgehead atoms. The van der Waals surface area contributed by atoms with E-state index in [1.54, 1.807) is 12.1 Å². The molecule has 0 aliphatic heterocycles. The Kier molecular flexibility index (Phi) is 7.38. The molecule has 15 heteroatoms. The number of rotatable bonds is 8. The summed E-state index contributed by atoms with van der Waals surface area (Å²) in [7, 11) is 0. The largest absolute Gasteiger partial charge is 0.519 e. The lowest BCUT2D eigenvalue weighted by Gasteiger charge is -2.12. The van der Waals surface area contributed by atoms with Crippen LogP contribution in [0.15, 0.2) is 84.9 Å². The third-order valence-corrected chi connectivity index (χ3v) is 5.52. The van der Waals surface area contributed by atoms with Gasteiger partial charge in [-0.3, -0.25) is 40.5 Å². The molecular formula is C25H14N4O11. The first-order valence-electron chi connectivity index (χ1n) is 11.0. The average molecular weight is 546 g/mol. The zero-order valence-corrected chi connectivity index (χ0v) is 19.9. The molecule has 0 amide bonds. The van der Waals surface area contributed by atoms with E-state index in [0.29, 0.717) is 0 Å². The summed E-state index contributed by atoms with van der Waals surface area (Å²) in [6.45, 7) is 0. The smallest absolute Gasteiger partial charge is 0.394 e. The molecule has 4 aromatic carbocycles. The van der Waals surface area contributed by atoms with Gasteiger partial charge in [-0.1, -0.05) is 36.4 Å². The van der Waals surface area contributed by atoms with Gasteiger partial charge in [-0.2, -0.15) is 0 Å². The number of nitrogens with zero attached hydrogens (tertiary/aromatic N) is 4. The summed E-state index contributed by atoms with van der Waals surface area (Å²) >= 11 is 0. The van der Waals surface area contributed by atoms with Crippen molar-refractivity contribution in [3.63, 3.8) is 0 Å². The van der Waals surface area contributed by atoms with Crippen LogP contribution >= 0.6 is 0 Å². The molecule has 15 nitrogen and oxygen atoms in total. The van der Waals surface area contributed by atoms with Gasteiger partial charge in [-0.25, -0.2) is 4.79 Å². The average Bonchev–Trinajstić information content (AvgIpc) is 2.92. The maximum atomic E-state index is 12.7. The predicted octanol–water partition coefficient (Wildman–Crippen LogP) is 6.23. The van der Waals surface area contributed by atoms with Crippen LogP contribution in [-0.2, 0) is 0 Å². The van der Waals surface area contributed by atoms with Crippen LogP contribution < -0.4 is 9.47 Å². The number of nitro benzene ring substituents is 4. The summed E-state index contributed by atoms with van der Waals surface area (Å²) in [6, 6.07) is 18.2. The van der Waals surface area contributed by atoms with Crippen LogP contribution in [0.25, 0.3) is 22.3 Å². The van der Waals surface area contributed by atoms with Crippen molar-refractivity contribution in [2.45, 2.75) is 0 Å². The molecule has 0 unspecified atom stereocenters. The van der Waals surface area contributed by atoms with Gasteiger partial charge in [0.1, 0.15) is 11.5 Å². The van der Waals surface area contributed by atoms with E-state index in [0.717, 1.165) is 24.3 Å². The molecule has 0 aliphatic carbocycles. The molecule has 0 atom stereocenters. The minimum Gasteiger partial charge on any atom is -0.394 e. The summed E-state index contributed by atoms with van der Waals surface area (Å²) in [5.74, 6) is -0.168. The van der Waals surface area contributed by atoms with Crippen LogP contribution in [0.5, 0.6) is 11.5 Å². The molecule has 0 heterocycles. The maximum Gasteiger partial charge on any atom is 0.519 e. The first-order valence-corrected chi connectivity index (χ1v) is 11.0. The van der Waals surface area contributed by atoms with Gasteiger partial charge < -0.3 is 9.47 Å². The van der Waals surface area contributed by atoms with Crippen molar-refractivity contribution in [3.05, 3.63) is 125 Å². The lowest BCUT2D eigenvalue weighted by molar-refractivity contribution is -0.422. The Labute approximate surface area is 222 Å². The van der Waals surface area contributed by atoms with Crippen LogP contribution in [0, 0.1) is 40.5 Å². The van der Waals surface area contributed by atoms with Crippen LogP contribution in [-0.4, -0.2) is 25.8 Å². The minimum absolute atomic E-state index is 0.0842. The van der Waals surface area contributed by atoms with Crippen LogP contribution in [0.1, 0.15) is 0 Å². The van der Waals surface area contributed by atoms with E-state index in [-0.39, 0.29) is 33.8 Å². The topological polar surface area (TPSA) is 208 Å². The third-order valence-electron chi connectivity index (χ3n) is 5.52. The molecule has 0 spiro atoms. The Hall–Kier alpha value is -6.25. The number of nitro groups is 4. The Morgan fingerprint density at radius 3 is 1.20 bits per heavy atom. The number of para-hydroxylation sites is 2. The monoisotopic (exact) mass is 546 g/mol. The summed E-state index contributed by atoms with van der Waals surface area (Å²) < 4.78 is 10.6. The van der Waals surface area contributed by atoms with Gasteiger partial charge >= 0.3 is 28.9 Å². The van der Waals surface area contributed by atoms with Gasteiger partial charge in [0, 0.05) is 35.4 Å².